The second-order valence-corrected chi connectivity index (χ2v) is 5.25. The first kappa shape index (κ1) is 14.8. The summed E-state index contributed by atoms with van der Waals surface area (Å²) in [7, 11) is 0. The van der Waals surface area contributed by atoms with E-state index >= 15 is 0 Å². The molecule has 0 saturated heterocycles. The Kier molecular flexibility index (Phi) is 4.59. The Hall–Kier alpha value is -1.63. The molecule has 104 valence electrons. The molecule has 0 saturated carbocycles. The molecule has 0 aliphatic heterocycles. The fourth-order valence-corrected chi connectivity index (χ4v) is 2.17. The van der Waals surface area contributed by atoms with Crippen LogP contribution in [0, 0.1) is 10.1 Å². The monoisotopic (exact) mass is 356 g/mol. The summed E-state index contributed by atoms with van der Waals surface area (Å²) in [6, 6.07) is 9.36. The standard InChI is InChI=1S/C13H10BrClN2O3/c14-9-1-4-12(8(5-9)7-16)20-13-6-10(17(18)19)2-3-11(13)15/h1-6H,7,16H2. The predicted octanol–water partition coefficient (Wildman–Crippen LogP) is 4.26. The molecular formula is C13H10BrClN2O3. The van der Waals surface area contributed by atoms with Gasteiger partial charge >= 0.3 is 0 Å². The summed E-state index contributed by atoms with van der Waals surface area (Å²) < 4.78 is 6.51. The topological polar surface area (TPSA) is 78.4 Å². The lowest BCUT2D eigenvalue weighted by Crippen LogP contribution is -2.00. The van der Waals surface area contributed by atoms with E-state index in [4.69, 9.17) is 22.1 Å². The molecule has 0 aliphatic rings. The Morgan fingerprint density at radius 1 is 1.25 bits per heavy atom. The predicted molar refractivity (Wildman–Crippen MR) is 80.2 cm³/mol. The van der Waals surface area contributed by atoms with Gasteiger partial charge in [0.1, 0.15) is 5.75 Å². The number of nitro benzene ring substituents is 1. The van der Waals surface area contributed by atoms with Crippen LogP contribution in [0.4, 0.5) is 5.69 Å². The maximum absolute atomic E-state index is 10.8. The number of non-ortho nitro benzene ring substituents is 1. The Morgan fingerprint density at radius 3 is 2.65 bits per heavy atom. The van der Waals surface area contributed by atoms with Crippen molar-refractivity contribution in [2.24, 2.45) is 5.73 Å². The first-order chi connectivity index (χ1) is 9.51. The van der Waals surface area contributed by atoms with Crippen LogP contribution in [0.25, 0.3) is 0 Å². The van der Waals surface area contributed by atoms with E-state index in [0.717, 1.165) is 10.0 Å². The van der Waals surface area contributed by atoms with E-state index in [9.17, 15) is 10.1 Å². The van der Waals surface area contributed by atoms with E-state index in [-0.39, 0.29) is 18.0 Å². The van der Waals surface area contributed by atoms with Gasteiger partial charge in [-0.1, -0.05) is 27.5 Å². The molecule has 0 bridgehead atoms. The van der Waals surface area contributed by atoms with Crippen molar-refractivity contribution in [3.8, 4) is 11.5 Å². The lowest BCUT2D eigenvalue weighted by Gasteiger charge is -2.11. The van der Waals surface area contributed by atoms with Crippen LogP contribution in [-0.4, -0.2) is 4.92 Å². The number of nitrogens with two attached hydrogens (primary N) is 1. The molecule has 2 N–H and O–H groups in total. The first-order valence-electron chi connectivity index (χ1n) is 5.61. The molecule has 7 heteroatoms. The van der Waals surface area contributed by atoms with E-state index < -0.39 is 4.92 Å². The normalized spacial score (nSPS) is 10.3. The second-order valence-electron chi connectivity index (χ2n) is 3.93. The number of halogens is 2. The second kappa shape index (κ2) is 6.21. The minimum absolute atomic E-state index is 0.0872. The average molecular weight is 358 g/mol. The van der Waals surface area contributed by atoms with Gasteiger partial charge in [-0.15, -0.1) is 0 Å². The van der Waals surface area contributed by atoms with Gasteiger partial charge in [0.15, 0.2) is 5.75 Å². The maximum Gasteiger partial charge on any atom is 0.273 e. The van der Waals surface area contributed by atoms with Crippen LogP contribution < -0.4 is 10.5 Å². The summed E-state index contributed by atoms with van der Waals surface area (Å²) in [6.45, 7) is 0.279. The number of hydrogen-bond donors (Lipinski definition) is 1. The van der Waals surface area contributed by atoms with E-state index in [1.54, 1.807) is 12.1 Å². The van der Waals surface area contributed by atoms with Crippen LogP contribution in [0.15, 0.2) is 40.9 Å². The number of rotatable bonds is 4. The number of benzene rings is 2. The van der Waals surface area contributed by atoms with Crippen LogP contribution in [0.3, 0.4) is 0 Å². The largest absolute Gasteiger partial charge is 0.455 e. The van der Waals surface area contributed by atoms with E-state index in [1.807, 2.05) is 6.07 Å². The third-order valence-corrected chi connectivity index (χ3v) is 3.39. The van der Waals surface area contributed by atoms with Crippen molar-refractivity contribution in [2.75, 3.05) is 0 Å². The van der Waals surface area contributed by atoms with Gasteiger partial charge in [0.2, 0.25) is 0 Å². The molecule has 0 aliphatic carbocycles. The van der Waals surface area contributed by atoms with E-state index in [1.165, 1.54) is 18.2 Å². The van der Waals surface area contributed by atoms with Crippen molar-refractivity contribution < 1.29 is 9.66 Å². The molecule has 0 unspecified atom stereocenters. The molecule has 0 spiro atoms. The highest BCUT2D eigenvalue weighted by molar-refractivity contribution is 9.10. The molecule has 0 radical (unpaired) electrons. The van der Waals surface area contributed by atoms with Crippen LogP contribution in [0.5, 0.6) is 11.5 Å². The van der Waals surface area contributed by atoms with Gasteiger partial charge in [0.05, 0.1) is 16.0 Å². The van der Waals surface area contributed by atoms with Crippen molar-refractivity contribution >= 4 is 33.2 Å². The highest BCUT2D eigenvalue weighted by Crippen LogP contribution is 2.34. The molecule has 0 atom stereocenters. The molecule has 2 rings (SSSR count). The Labute approximate surface area is 128 Å². The molecule has 0 amide bonds. The summed E-state index contributed by atoms with van der Waals surface area (Å²) in [6.07, 6.45) is 0. The van der Waals surface area contributed by atoms with Crippen molar-refractivity contribution in [3.05, 3.63) is 61.6 Å². The molecular weight excluding hydrogens is 348 g/mol. The lowest BCUT2D eigenvalue weighted by molar-refractivity contribution is -0.384. The molecule has 0 fully saturated rings. The summed E-state index contributed by atoms with van der Waals surface area (Å²) in [5.41, 5.74) is 6.33. The Bertz CT molecular complexity index is 664. The van der Waals surface area contributed by atoms with Crippen molar-refractivity contribution in [1.29, 1.82) is 0 Å². The number of hydrogen-bond acceptors (Lipinski definition) is 4. The molecule has 20 heavy (non-hydrogen) atoms. The fourth-order valence-electron chi connectivity index (χ4n) is 1.61. The van der Waals surface area contributed by atoms with E-state index in [0.29, 0.717) is 10.8 Å². The molecule has 5 nitrogen and oxygen atoms in total. The minimum atomic E-state index is -0.505. The Balaban J connectivity index is 2.39. The van der Waals surface area contributed by atoms with Crippen LogP contribution >= 0.6 is 27.5 Å². The minimum Gasteiger partial charge on any atom is -0.455 e. The summed E-state index contributed by atoms with van der Waals surface area (Å²) in [5, 5.41) is 11.1. The van der Waals surface area contributed by atoms with Crippen LogP contribution in [0.2, 0.25) is 5.02 Å². The molecule has 0 heterocycles. The van der Waals surface area contributed by atoms with Crippen molar-refractivity contribution in [2.45, 2.75) is 6.54 Å². The Morgan fingerprint density at radius 2 is 2.00 bits per heavy atom. The number of nitrogens with zero attached hydrogens (tertiary/aromatic N) is 1. The zero-order valence-electron chi connectivity index (χ0n) is 10.2. The van der Waals surface area contributed by atoms with Crippen molar-refractivity contribution in [3.63, 3.8) is 0 Å². The maximum atomic E-state index is 10.8. The smallest absolute Gasteiger partial charge is 0.273 e. The summed E-state index contributed by atoms with van der Waals surface area (Å²) in [4.78, 5) is 10.3. The van der Waals surface area contributed by atoms with Gasteiger partial charge < -0.3 is 10.5 Å². The molecule has 2 aromatic rings. The summed E-state index contributed by atoms with van der Waals surface area (Å²) >= 11 is 9.33. The van der Waals surface area contributed by atoms with Gasteiger partial charge in [-0.3, -0.25) is 10.1 Å². The molecule has 0 aromatic heterocycles. The average Bonchev–Trinajstić information content (AvgIpc) is 2.42. The highest BCUT2D eigenvalue weighted by atomic mass is 79.9. The highest BCUT2D eigenvalue weighted by Gasteiger charge is 2.13. The molecule has 2 aromatic carbocycles. The lowest BCUT2D eigenvalue weighted by atomic mass is 10.2. The van der Waals surface area contributed by atoms with Gasteiger partial charge in [0, 0.05) is 22.6 Å². The van der Waals surface area contributed by atoms with Crippen LogP contribution in [-0.2, 0) is 6.54 Å². The third kappa shape index (κ3) is 3.27. The van der Waals surface area contributed by atoms with Crippen LogP contribution in [0.1, 0.15) is 5.56 Å². The zero-order valence-corrected chi connectivity index (χ0v) is 12.5. The quantitative estimate of drug-likeness (QED) is 0.655. The first-order valence-corrected chi connectivity index (χ1v) is 6.78. The SMILES string of the molecule is NCc1cc(Br)ccc1Oc1cc([N+](=O)[O-])ccc1Cl. The number of ether oxygens (including phenoxy) is 1. The van der Waals surface area contributed by atoms with Gasteiger partial charge in [0.25, 0.3) is 5.69 Å². The van der Waals surface area contributed by atoms with Gasteiger partial charge in [-0.05, 0) is 24.3 Å². The third-order valence-electron chi connectivity index (χ3n) is 2.59. The van der Waals surface area contributed by atoms with Crippen molar-refractivity contribution in [1.82, 2.24) is 0 Å². The number of nitro groups is 1. The van der Waals surface area contributed by atoms with E-state index in [2.05, 4.69) is 15.9 Å². The van der Waals surface area contributed by atoms with Gasteiger partial charge in [-0.25, -0.2) is 0 Å². The summed E-state index contributed by atoms with van der Waals surface area (Å²) in [5.74, 6) is 0.732. The van der Waals surface area contributed by atoms with Gasteiger partial charge in [-0.2, -0.15) is 0 Å². The zero-order chi connectivity index (χ0) is 14.7. The fraction of sp³-hybridized carbons (Fsp3) is 0.0769.